The molecule has 28 heavy (non-hydrogen) atoms. The molecule has 2 aliphatic rings. The molecule has 142 valence electrons. The van der Waals surface area contributed by atoms with Crippen LogP contribution < -0.4 is 10.6 Å². The van der Waals surface area contributed by atoms with Gasteiger partial charge >= 0.3 is 0 Å². The van der Waals surface area contributed by atoms with Crippen LogP contribution in [-0.2, 0) is 9.59 Å². The van der Waals surface area contributed by atoms with Crippen molar-refractivity contribution in [2.75, 3.05) is 5.01 Å². The first-order valence-electron chi connectivity index (χ1n) is 9.19. The Labute approximate surface area is 166 Å². The van der Waals surface area contributed by atoms with Crippen molar-refractivity contribution in [1.29, 1.82) is 5.26 Å². The molecule has 0 unspecified atom stereocenters. The lowest BCUT2D eigenvalue weighted by Crippen LogP contribution is -2.52. The van der Waals surface area contributed by atoms with Gasteiger partial charge in [0.1, 0.15) is 11.6 Å². The van der Waals surface area contributed by atoms with E-state index in [1.165, 1.54) is 21.0 Å². The Balaban J connectivity index is 1.97. The summed E-state index contributed by atoms with van der Waals surface area (Å²) < 4.78 is 1.27. The van der Waals surface area contributed by atoms with Crippen molar-refractivity contribution in [3.8, 4) is 6.07 Å². The summed E-state index contributed by atoms with van der Waals surface area (Å²) in [6.45, 7) is 3.44. The number of amides is 1. The minimum absolute atomic E-state index is 0.0163. The summed E-state index contributed by atoms with van der Waals surface area (Å²) in [7, 11) is 0. The fraction of sp³-hybridized carbons (Fsp3) is 0.333. The van der Waals surface area contributed by atoms with Crippen LogP contribution in [0, 0.1) is 25.2 Å². The first-order chi connectivity index (χ1) is 13.4. The molecule has 0 radical (unpaired) electrons. The second-order valence-corrected chi connectivity index (χ2v) is 8.01. The Morgan fingerprint density at radius 2 is 2.00 bits per heavy atom. The number of ketones is 1. The molecule has 1 amide bonds. The highest BCUT2D eigenvalue weighted by Crippen LogP contribution is 2.41. The number of nitriles is 1. The molecule has 1 atom stereocenters. The van der Waals surface area contributed by atoms with E-state index in [0.29, 0.717) is 41.8 Å². The maximum absolute atomic E-state index is 13.2. The van der Waals surface area contributed by atoms with Crippen molar-refractivity contribution in [2.45, 2.75) is 45.4 Å². The Kier molecular flexibility index (Phi) is 4.52. The number of nitrogens with zero attached hydrogens (tertiary/aromatic N) is 3. The van der Waals surface area contributed by atoms with E-state index in [-0.39, 0.29) is 29.6 Å². The first-order valence-corrected chi connectivity index (χ1v) is 10.1. The summed E-state index contributed by atoms with van der Waals surface area (Å²) in [5.74, 6) is -0.467. The zero-order chi connectivity index (χ0) is 20.0. The van der Waals surface area contributed by atoms with Crippen molar-refractivity contribution in [3.63, 3.8) is 0 Å². The van der Waals surface area contributed by atoms with Crippen molar-refractivity contribution < 1.29 is 9.59 Å². The van der Waals surface area contributed by atoms with Gasteiger partial charge in [0.15, 0.2) is 5.78 Å². The van der Waals surface area contributed by atoms with E-state index in [1.807, 2.05) is 22.9 Å². The summed E-state index contributed by atoms with van der Waals surface area (Å²) in [5.41, 5.74) is 2.84. The van der Waals surface area contributed by atoms with E-state index in [2.05, 4.69) is 0 Å². The van der Waals surface area contributed by atoms with Gasteiger partial charge in [0.25, 0.3) is 5.56 Å². The summed E-state index contributed by atoms with van der Waals surface area (Å²) >= 11 is 1.53. The van der Waals surface area contributed by atoms with Crippen LogP contribution in [0.1, 0.15) is 54.0 Å². The van der Waals surface area contributed by atoms with Gasteiger partial charge in [0.05, 0.1) is 5.70 Å². The number of aromatic nitrogens is 1. The lowest BCUT2D eigenvalue weighted by molar-refractivity contribution is -0.121. The van der Waals surface area contributed by atoms with Gasteiger partial charge in [-0.1, -0.05) is 0 Å². The van der Waals surface area contributed by atoms with Crippen LogP contribution in [0.3, 0.4) is 0 Å². The molecule has 0 fully saturated rings. The number of hydrogen-bond donors (Lipinski definition) is 0. The van der Waals surface area contributed by atoms with Crippen molar-refractivity contribution in [1.82, 2.24) is 4.68 Å². The van der Waals surface area contributed by atoms with Crippen molar-refractivity contribution in [2.24, 2.45) is 0 Å². The van der Waals surface area contributed by atoms with Crippen molar-refractivity contribution in [3.05, 3.63) is 66.9 Å². The predicted octanol–water partition coefficient (Wildman–Crippen LogP) is 3.06. The third kappa shape index (κ3) is 2.72. The molecule has 0 saturated carbocycles. The maximum atomic E-state index is 13.2. The SMILES string of the molecule is Cc1cc(C)n(N2C(=O)C[C@H](c3ccsc3)C3=C2CCCC3=O)c(=O)c1C#N. The number of pyridine rings is 1. The van der Waals surface area contributed by atoms with Crippen LogP contribution in [0.2, 0.25) is 0 Å². The van der Waals surface area contributed by atoms with Crippen LogP contribution in [0.4, 0.5) is 0 Å². The number of carbonyl (C=O) groups excluding carboxylic acids is 2. The number of allylic oxidation sites excluding steroid dienone is 2. The summed E-state index contributed by atoms with van der Waals surface area (Å²) in [6.07, 6.45) is 1.77. The highest BCUT2D eigenvalue weighted by molar-refractivity contribution is 7.08. The monoisotopic (exact) mass is 393 g/mol. The molecule has 4 rings (SSSR count). The quantitative estimate of drug-likeness (QED) is 0.785. The molecular weight excluding hydrogens is 374 g/mol. The highest BCUT2D eigenvalue weighted by atomic mass is 32.1. The van der Waals surface area contributed by atoms with E-state index in [4.69, 9.17) is 0 Å². The molecule has 1 aliphatic carbocycles. The van der Waals surface area contributed by atoms with E-state index >= 15 is 0 Å². The van der Waals surface area contributed by atoms with Gasteiger partial charge in [-0.3, -0.25) is 14.4 Å². The van der Waals surface area contributed by atoms with E-state index in [9.17, 15) is 19.6 Å². The molecule has 2 aromatic rings. The first kappa shape index (κ1) is 18.4. The lowest BCUT2D eigenvalue weighted by atomic mass is 9.78. The third-order valence-electron chi connectivity index (χ3n) is 5.47. The average Bonchev–Trinajstić information content (AvgIpc) is 3.18. The summed E-state index contributed by atoms with van der Waals surface area (Å²) in [5, 5.41) is 14.7. The normalized spacial score (nSPS) is 19.6. The Hall–Kier alpha value is -2.98. The molecule has 7 heteroatoms. The third-order valence-corrected chi connectivity index (χ3v) is 6.17. The fourth-order valence-electron chi connectivity index (χ4n) is 4.23. The van der Waals surface area contributed by atoms with Gasteiger partial charge < -0.3 is 0 Å². The highest BCUT2D eigenvalue weighted by Gasteiger charge is 2.41. The molecule has 0 spiro atoms. The van der Waals surface area contributed by atoms with Crippen LogP contribution >= 0.6 is 11.3 Å². The van der Waals surface area contributed by atoms with E-state index in [1.54, 1.807) is 19.9 Å². The molecule has 0 aromatic carbocycles. The Morgan fingerprint density at radius 1 is 1.21 bits per heavy atom. The van der Waals surface area contributed by atoms with Crippen molar-refractivity contribution >= 4 is 23.0 Å². The van der Waals surface area contributed by atoms with E-state index < -0.39 is 5.56 Å². The number of Topliss-reactive ketones (excluding diaryl/α,β-unsaturated/α-hetero) is 1. The van der Waals surface area contributed by atoms with Crippen LogP contribution in [0.5, 0.6) is 0 Å². The molecule has 0 N–H and O–H groups in total. The molecule has 0 bridgehead atoms. The lowest BCUT2D eigenvalue weighted by Gasteiger charge is -2.39. The zero-order valence-corrected chi connectivity index (χ0v) is 16.5. The van der Waals surface area contributed by atoms with Crippen LogP contribution in [0.15, 0.2) is 39.0 Å². The second kappa shape index (κ2) is 6.88. The molecular formula is C21H19N3O3S. The second-order valence-electron chi connectivity index (χ2n) is 7.23. The largest absolute Gasteiger partial charge is 0.294 e. The Bertz CT molecular complexity index is 1120. The predicted molar refractivity (Wildman–Crippen MR) is 106 cm³/mol. The number of carbonyl (C=O) groups is 2. The minimum atomic E-state index is -0.521. The molecule has 1 aliphatic heterocycles. The molecule has 3 heterocycles. The zero-order valence-electron chi connectivity index (χ0n) is 15.7. The number of thiophene rings is 1. The molecule has 2 aromatic heterocycles. The van der Waals surface area contributed by atoms with Gasteiger partial charge in [0, 0.05) is 30.0 Å². The summed E-state index contributed by atoms with van der Waals surface area (Å²) in [6, 6.07) is 5.62. The van der Waals surface area contributed by atoms with Gasteiger partial charge in [-0.2, -0.15) is 16.6 Å². The molecule has 6 nitrogen and oxygen atoms in total. The van der Waals surface area contributed by atoms with Gasteiger partial charge in [-0.05, 0) is 60.7 Å². The Morgan fingerprint density at radius 3 is 2.68 bits per heavy atom. The standard InChI is InChI=1S/C21H19N3O3S/c1-12-8-13(2)23(21(27)16(12)10-22)24-17-4-3-5-18(25)20(17)15(9-19(24)26)14-6-7-28-11-14/h6-8,11,15H,3-5,9H2,1-2H3/t15-/m1/s1. The van der Waals surface area contributed by atoms with Gasteiger partial charge in [0.2, 0.25) is 5.91 Å². The number of rotatable bonds is 2. The van der Waals surface area contributed by atoms with Gasteiger partial charge in [-0.15, -0.1) is 0 Å². The number of hydrogen-bond acceptors (Lipinski definition) is 5. The maximum Gasteiger partial charge on any atom is 0.288 e. The minimum Gasteiger partial charge on any atom is -0.294 e. The van der Waals surface area contributed by atoms with E-state index in [0.717, 1.165) is 5.56 Å². The van der Waals surface area contributed by atoms with Crippen LogP contribution in [-0.4, -0.2) is 16.4 Å². The average molecular weight is 393 g/mol. The smallest absolute Gasteiger partial charge is 0.288 e. The van der Waals surface area contributed by atoms with Crippen LogP contribution in [0.25, 0.3) is 0 Å². The molecule has 0 saturated heterocycles. The van der Waals surface area contributed by atoms with Gasteiger partial charge in [-0.25, -0.2) is 9.69 Å². The fourth-order valence-corrected chi connectivity index (χ4v) is 4.95. The summed E-state index contributed by atoms with van der Waals surface area (Å²) in [4.78, 5) is 39.0. The topological polar surface area (TPSA) is 83.2 Å². The number of aryl methyl sites for hydroxylation is 2.